The smallest absolute Gasteiger partial charge is 0.227 e. The van der Waals surface area contributed by atoms with Gasteiger partial charge in [-0.2, -0.15) is 0 Å². The zero-order valence-corrected chi connectivity index (χ0v) is 11.8. The fourth-order valence-electron chi connectivity index (χ4n) is 3.09. The van der Waals surface area contributed by atoms with Crippen LogP contribution < -0.4 is 5.32 Å². The van der Waals surface area contributed by atoms with E-state index in [9.17, 15) is 4.79 Å². The lowest BCUT2D eigenvalue weighted by molar-refractivity contribution is -0.120. The molecule has 104 valence electrons. The van der Waals surface area contributed by atoms with E-state index in [-0.39, 0.29) is 11.8 Å². The highest BCUT2D eigenvalue weighted by molar-refractivity contribution is 5.95. The Balaban J connectivity index is 1.73. The molecule has 3 heteroatoms. The quantitative estimate of drug-likeness (QED) is 0.914. The average molecular weight is 268 g/mol. The van der Waals surface area contributed by atoms with Gasteiger partial charge in [0.15, 0.2) is 0 Å². The van der Waals surface area contributed by atoms with Crippen LogP contribution in [-0.4, -0.2) is 10.9 Å². The van der Waals surface area contributed by atoms with Crippen LogP contribution in [-0.2, 0) is 4.79 Å². The number of nitrogens with one attached hydrogen (secondary N) is 1. The van der Waals surface area contributed by atoms with E-state index in [2.05, 4.69) is 17.2 Å². The number of pyridine rings is 1. The lowest BCUT2D eigenvalue weighted by Gasteiger charge is -2.18. The number of hydrogen-bond donors (Lipinski definition) is 1. The summed E-state index contributed by atoms with van der Waals surface area (Å²) >= 11 is 0. The van der Waals surface area contributed by atoms with Crippen molar-refractivity contribution in [3.05, 3.63) is 36.7 Å². The van der Waals surface area contributed by atoms with Gasteiger partial charge >= 0.3 is 0 Å². The summed E-state index contributed by atoms with van der Waals surface area (Å²) in [5, 5.41) is 5.25. The number of amides is 1. The highest BCUT2D eigenvalue weighted by Gasteiger charge is 2.26. The van der Waals surface area contributed by atoms with Crippen molar-refractivity contribution in [3.63, 3.8) is 0 Å². The molecule has 1 heterocycles. The Hall–Kier alpha value is -1.90. The number of aromatic nitrogens is 1. The van der Waals surface area contributed by atoms with Gasteiger partial charge in [-0.15, -0.1) is 0 Å². The fourth-order valence-corrected chi connectivity index (χ4v) is 3.09. The van der Waals surface area contributed by atoms with Gasteiger partial charge < -0.3 is 5.32 Å². The fraction of sp³-hybridized carbons (Fsp3) is 0.412. The number of hydrogen-bond acceptors (Lipinski definition) is 2. The Kier molecular flexibility index (Phi) is 3.68. The van der Waals surface area contributed by atoms with E-state index in [0.717, 1.165) is 16.5 Å². The molecular formula is C17H20N2O. The second-order valence-corrected chi connectivity index (χ2v) is 5.76. The van der Waals surface area contributed by atoms with Gasteiger partial charge in [0, 0.05) is 29.4 Å². The predicted molar refractivity (Wildman–Crippen MR) is 81.5 cm³/mol. The molecule has 1 unspecified atom stereocenters. The largest absolute Gasteiger partial charge is 0.326 e. The summed E-state index contributed by atoms with van der Waals surface area (Å²) in [6.07, 6.45) is 8.53. The molecule has 1 aliphatic carbocycles. The molecule has 1 N–H and O–H groups in total. The molecule has 1 aliphatic rings. The summed E-state index contributed by atoms with van der Waals surface area (Å²) in [5.41, 5.74) is 0.874. The maximum Gasteiger partial charge on any atom is 0.227 e. The molecule has 1 fully saturated rings. The number of carbonyl (C=O) groups excluding carboxylic acids is 1. The normalized spacial score (nSPS) is 17.2. The van der Waals surface area contributed by atoms with E-state index in [1.807, 2.05) is 30.5 Å². The van der Waals surface area contributed by atoms with Crippen molar-refractivity contribution in [3.8, 4) is 0 Å². The molecule has 1 atom stereocenters. The Labute approximate surface area is 119 Å². The van der Waals surface area contributed by atoms with E-state index in [4.69, 9.17) is 0 Å². The van der Waals surface area contributed by atoms with E-state index in [0.29, 0.717) is 5.92 Å². The number of anilines is 1. The summed E-state index contributed by atoms with van der Waals surface area (Å²) in [7, 11) is 0. The molecule has 0 radical (unpaired) electrons. The van der Waals surface area contributed by atoms with Crippen LogP contribution >= 0.6 is 0 Å². The number of carbonyl (C=O) groups is 1. The Bertz CT molecular complexity index is 617. The standard InChI is InChI=1S/C17H20N2O/c1-12(13-4-2-3-5-13)17(20)19-16-7-6-15-11-18-9-8-14(15)10-16/h6-13H,2-5H2,1H3,(H,19,20). The second kappa shape index (κ2) is 5.61. The third-order valence-corrected chi connectivity index (χ3v) is 4.43. The molecule has 20 heavy (non-hydrogen) atoms. The predicted octanol–water partition coefficient (Wildman–Crippen LogP) is 4.00. The van der Waals surface area contributed by atoms with Crippen LogP contribution in [0.5, 0.6) is 0 Å². The van der Waals surface area contributed by atoms with Crippen molar-refractivity contribution in [2.24, 2.45) is 11.8 Å². The Morgan fingerprint density at radius 1 is 1.25 bits per heavy atom. The monoisotopic (exact) mass is 268 g/mol. The summed E-state index contributed by atoms with van der Waals surface area (Å²) in [4.78, 5) is 16.4. The van der Waals surface area contributed by atoms with E-state index in [1.54, 1.807) is 6.20 Å². The van der Waals surface area contributed by atoms with Crippen molar-refractivity contribution in [1.29, 1.82) is 0 Å². The van der Waals surface area contributed by atoms with Gasteiger partial charge in [-0.1, -0.05) is 25.8 Å². The van der Waals surface area contributed by atoms with Crippen molar-refractivity contribution in [2.75, 3.05) is 5.32 Å². The molecule has 0 spiro atoms. The molecule has 1 aromatic carbocycles. The van der Waals surface area contributed by atoms with Crippen molar-refractivity contribution < 1.29 is 4.79 Å². The van der Waals surface area contributed by atoms with Crippen molar-refractivity contribution in [1.82, 2.24) is 4.98 Å². The van der Waals surface area contributed by atoms with Crippen molar-refractivity contribution >= 4 is 22.4 Å². The Morgan fingerprint density at radius 2 is 2.05 bits per heavy atom. The first-order chi connectivity index (χ1) is 9.74. The minimum atomic E-state index is 0.102. The summed E-state index contributed by atoms with van der Waals surface area (Å²) < 4.78 is 0. The van der Waals surface area contributed by atoms with Crippen LogP contribution in [0.4, 0.5) is 5.69 Å². The van der Waals surface area contributed by atoms with Crippen LogP contribution in [0.15, 0.2) is 36.7 Å². The lowest BCUT2D eigenvalue weighted by atomic mass is 9.92. The molecule has 0 saturated heterocycles. The molecular weight excluding hydrogens is 248 g/mol. The average Bonchev–Trinajstić information content (AvgIpc) is 3.00. The highest BCUT2D eigenvalue weighted by Crippen LogP contribution is 2.32. The number of benzene rings is 1. The zero-order valence-electron chi connectivity index (χ0n) is 11.8. The van der Waals surface area contributed by atoms with Gasteiger partial charge in [-0.05, 0) is 42.3 Å². The van der Waals surface area contributed by atoms with Gasteiger partial charge in [0.1, 0.15) is 0 Å². The van der Waals surface area contributed by atoms with Crippen molar-refractivity contribution in [2.45, 2.75) is 32.6 Å². The first-order valence-electron chi connectivity index (χ1n) is 7.39. The maximum atomic E-state index is 12.3. The third kappa shape index (κ3) is 2.67. The molecule has 1 amide bonds. The Morgan fingerprint density at radius 3 is 2.85 bits per heavy atom. The molecule has 1 aromatic heterocycles. The molecule has 2 aromatic rings. The van der Waals surface area contributed by atoms with E-state index < -0.39 is 0 Å². The molecule has 3 rings (SSSR count). The van der Waals surface area contributed by atoms with Crippen LogP contribution in [0.3, 0.4) is 0 Å². The first-order valence-corrected chi connectivity index (χ1v) is 7.39. The number of nitrogens with zero attached hydrogens (tertiary/aromatic N) is 1. The first kappa shape index (κ1) is 13.1. The van der Waals surface area contributed by atoms with Crippen LogP contribution in [0.25, 0.3) is 10.8 Å². The molecule has 0 bridgehead atoms. The minimum absolute atomic E-state index is 0.102. The number of fused-ring (bicyclic) bond motifs is 1. The SMILES string of the molecule is CC(C(=O)Nc1ccc2cnccc2c1)C1CCCC1. The van der Waals surface area contributed by atoms with Crippen LogP contribution in [0.1, 0.15) is 32.6 Å². The summed E-state index contributed by atoms with van der Waals surface area (Å²) in [6, 6.07) is 7.92. The molecule has 0 aliphatic heterocycles. The van der Waals surface area contributed by atoms with Gasteiger partial charge in [0.25, 0.3) is 0 Å². The zero-order chi connectivity index (χ0) is 13.9. The van der Waals surface area contributed by atoms with Gasteiger partial charge in [0.2, 0.25) is 5.91 Å². The topological polar surface area (TPSA) is 42.0 Å². The van der Waals surface area contributed by atoms with Crippen LogP contribution in [0, 0.1) is 11.8 Å². The minimum Gasteiger partial charge on any atom is -0.326 e. The summed E-state index contributed by atoms with van der Waals surface area (Å²) in [6.45, 7) is 2.05. The summed E-state index contributed by atoms with van der Waals surface area (Å²) in [5.74, 6) is 0.801. The second-order valence-electron chi connectivity index (χ2n) is 5.76. The van der Waals surface area contributed by atoms with E-state index >= 15 is 0 Å². The molecule has 1 saturated carbocycles. The maximum absolute atomic E-state index is 12.3. The lowest BCUT2D eigenvalue weighted by Crippen LogP contribution is -2.25. The third-order valence-electron chi connectivity index (χ3n) is 4.43. The van der Waals surface area contributed by atoms with Crippen LogP contribution in [0.2, 0.25) is 0 Å². The van der Waals surface area contributed by atoms with Gasteiger partial charge in [-0.25, -0.2) is 0 Å². The van der Waals surface area contributed by atoms with E-state index in [1.165, 1.54) is 25.7 Å². The van der Waals surface area contributed by atoms with Gasteiger partial charge in [-0.3, -0.25) is 9.78 Å². The number of rotatable bonds is 3. The molecule has 3 nitrogen and oxygen atoms in total. The highest BCUT2D eigenvalue weighted by atomic mass is 16.1. The van der Waals surface area contributed by atoms with Gasteiger partial charge in [0.05, 0.1) is 0 Å².